The van der Waals surface area contributed by atoms with Gasteiger partial charge in [0.05, 0.1) is 27.2 Å². The Hall–Kier alpha value is -3.02. The summed E-state index contributed by atoms with van der Waals surface area (Å²) in [6.07, 6.45) is -2.75. The molecule has 1 amide bonds. The lowest BCUT2D eigenvalue weighted by atomic mass is 9.97. The minimum atomic E-state index is -4.59. The molecule has 0 radical (unpaired) electrons. The Morgan fingerprint density at radius 3 is 2.59 bits per heavy atom. The zero-order chi connectivity index (χ0) is 27.6. The van der Waals surface area contributed by atoms with Crippen molar-refractivity contribution in [3.05, 3.63) is 51.2 Å². The van der Waals surface area contributed by atoms with Crippen molar-refractivity contribution < 1.29 is 28.6 Å². The Kier molecular flexibility index (Phi) is 6.16. The predicted octanol–water partition coefficient (Wildman–Crippen LogP) is 6.28. The summed E-state index contributed by atoms with van der Waals surface area (Å²) in [6.45, 7) is 1.81. The minimum Gasteiger partial charge on any atom is -0.487 e. The Bertz CT molecular complexity index is 1570. The van der Waals surface area contributed by atoms with Crippen LogP contribution in [0.3, 0.4) is 0 Å². The first-order chi connectivity index (χ1) is 17.7. The molecule has 1 saturated heterocycles. The normalized spacial score (nSPS) is 21.0. The van der Waals surface area contributed by atoms with Crippen molar-refractivity contribution in [3.8, 4) is 28.7 Å². The van der Waals surface area contributed by atoms with E-state index in [9.17, 15) is 18.0 Å². The molecule has 0 aliphatic carbocycles. The van der Waals surface area contributed by atoms with Crippen LogP contribution in [-0.2, 0) is 11.0 Å². The number of hydrogen-bond donors (Lipinski definition) is 0. The molecule has 37 heavy (non-hydrogen) atoms. The third kappa shape index (κ3) is 4.95. The molecule has 14 heteroatoms. The van der Waals surface area contributed by atoms with E-state index >= 15 is 0 Å². The Morgan fingerprint density at radius 1 is 1.14 bits per heavy atom. The highest BCUT2D eigenvalue weighted by Crippen LogP contribution is 2.38. The monoisotopic (exact) mass is 574 g/mol. The van der Waals surface area contributed by atoms with Gasteiger partial charge in [0.2, 0.25) is 11.7 Å². The van der Waals surface area contributed by atoms with Crippen LogP contribution in [0.4, 0.5) is 13.2 Å². The molecule has 4 heterocycles. The highest BCUT2D eigenvalue weighted by atomic mass is 35.5. The summed E-state index contributed by atoms with van der Waals surface area (Å²) >= 11 is 18.9. The average molecular weight is 576 g/mol. The molecule has 1 unspecified atom stereocenters. The van der Waals surface area contributed by atoms with Gasteiger partial charge in [-0.25, -0.2) is 4.98 Å². The van der Waals surface area contributed by atoms with Crippen LogP contribution in [0, 0.1) is 5.89 Å². The van der Waals surface area contributed by atoms with Gasteiger partial charge in [0.1, 0.15) is 17.5 Å². The molecule has 3 aromatic heterocycles. The fraction of sp³-hybridized carbons (Fsp3) is 0.304. The lowest BCUT2D eigenvalue weighted by molar-refractivity contribution is -0.139. The number of likely N-dealkylation sites (N-methyl/N-ethyl adjacent to an activating group) is 1. The average Bonchev–Trinajstić information content (AvgIpc) is 3.46. The van der Waals surface area contributed by atoms with Crippen LogP contribution in [0.2, 0.25) is 15.1 Å². The molecule has 1 aliphatic heterocycles. The molecule has 1 aliphatic rings. The first kappa shape index (κ1) is 24.3. The van der Waals surface area contributed by atoms with Crippen LogP contribution in [0.5, 0.6) is 5.75 Å². The maximum Gasteiger partial charge on any atom is 0.417 e. The van der Waals surface area contributed by atoms with E-state index in [1.54, 1.807) is 7.05 Å². The molecule has 0 saturated carbocycles. The van der Waals surface area contributed by atoms with Crippen LogP contribution in [-0.4, -0.2) is 50.0 Å². The van der Waals surface area contributed by atoms with Gasteiger partial charge >= 0.3 is 6.18 Å². The molecule has 0 spiro atoms. The first-order valence-electron chi connectivity index (χ1n) is 11.2. The van der Waals surface area contributed by atoms with Crippen LogP contribution in [0.1, 0.15) is 20.3 Å². The largest absolute Gasteiger partial charge is 0.487 e. The summed E-state index contributed by atoms with van der Waals surface area (Å²) in [5, 5.41) is 4.06. The third-order valence-electron chi connectivity index (χ3n) is 5.76. The molecule has 4 aromatic rings. The predicted molar refractivity (Wildman–Crippen MR) is 130 cm³/mol. The number of pyridine rings is 1. The summed E-state index contributed by atoms with van der Waals surface area (Å²) in [4.78, 5) is 22.0. The second kappa shape index (κ2) is 9.38. The molecule has 2 atom stereocenters. The summed E-state index contributed by atoms with van der Waals surface area (Å²) in [7, 11) is 1.60. The van der Waals surface area contributed by atoms with Gasteiger partial charge in [0, 0.05) is 38.3 Å². The van der Waals surface area contributed by atoms with Crippen molar-refractivity contribution in [1.82, 2.24) is 24.4 Å². The number of aromatic nitrogens is 4. The maximum atomic E-state index is 13.1. The van der Waals surface area contributed by atoms with Gasteiger partial charge in [-0.3, -0.25) is 4.79 Å². The zero-order valence-corrected chi connectivity index (χ0v) is 21.4. The standard InChI is InChI=1S/C23H17Cl3F3N5O3/c1-10-3-12(8-33(2)22(10)35)36-18-6-14(24)13(5-15(18)25)19-31-21(37-32-19)17-9-34-7-11(23(27,28)29)4-16(26)20(34)30-17/h4-7,9-10,12H,3,8H2,1-2H3/t10?,12-/m1/s1/i10D. The molecule has 1 fully saturated rings. The number of carbonyl (C=O) groups is 1. The van der Waals surface area contributed by atoms with Crippen molar-refractivity contribution in [2.75, 3.05) is 13.6 Å². The van der Waals surface area contributed by atoms with E-state index in [0.717, 1.165) is 16.7 Å². The van der Waals surface area contributed by atoms with Crippen molar-refractivity contribution in [2.45, 2.75) is 25.6 Å². The lowest BCUT2D eigenvalue weighted by Gasteiger charge is -2.33. The van der Waals surface area contributed by atoms with E-state index < -0.39 is 23.7 Å². The van der Waals surface area contributed by atoms with E-state index in [2.05, 4.69) is 15.1 Å². The number of likely N-dealkylation sites (tertiary alicyclic amines) is 1. The second-order valence-electron chi connectivity index (χ2n) is 8.53. The van der Waals surface area contributed by atoms with Crippen LogP contribution in [0.25, 0.3) is 28.6 Å². The topological polar surface area (TPSA) is 85.8 Å². The molecule has 5 rings (SSSR count). The van der Waals surface area contributed by atoms with Gasteiger partial charge in [-0.2, -0.15) is 18.2 Å². The van der Waals surface area contributed by atoms with Crippen molar-refractivity contribution in [3.63, 3.8) is 0 Å². The van der Waals surface area contributed by atoms with Crippen molar-refractivity contribution in [1.29, 1.82) is 0 Å². The van der Waals surface area contributed by atoms with E-state index in [0.29, 0.717) is 5.56 Å². The number of benzene rings is 1. The van der Waals surface area contributed by atoms with Gasteiger partial charge in [-0.05, 0) is 18.6 Å². The number of amides is 1. The fourth-order valence-corrected chi connectivity index (χ4v) is 4.71. The van der Waals surface area contributed by atoms with Crippen molar-refractivity contribution in [2.24, 2.45) is 5.89 Å². The summed E-state index contributed by atoms with van der Waals surface area (Å²) < 4.78 is 60.0. The number of nitrogens with zero attached hydrogens (tertiary/aromatic N) is 5. The van der Waals surface area contributed by atoms with Gasteiger partial charge in [0.25, 0.3) is 5.89 Å². The number of alkyl halides is 3. The van der Waals surface area contributed by atoms with Crippen LogP contribution in [0.15, 0.2) is 35.1 Å². The van der Waals surface area contributed by atoms with E-state index in [1.807, 2.05) is 0 Å². The minimum absolute atomic E-state index is 0.0549. The van der Waals surface area contributed by atoms with Crippen LogP contribution >= 0.6 is 34.8 Å². The van der Waals surface area contributed by atoms with E-state index in [1.165, 1.54) is 30.2 Å². The SMILES string of the molecule is [2H]C1(C)C[C@@H](Oc2cc(Cl)c(-c3noc(-c4cn5cc(C(F)(F)F)cc(Cl)c5n4)n3)cc2Cl)CN(C)C1=O. The molecular formula is C23H17Cl3F3N5O3. The first-order valence-corrected chi connectivity index (χ1v) is 11.9. The molecule has 194 valence electrons. The Labute approximate surface area is 224 Å². The molecular weight excluding hydrogens is 558 g/mol. The quantitative estimate of drug-likeness (QED) is 0.285. The number of fused-ring (bicyclic) bond motifs is 1. The number of rotatable bonds is 4. The summed E-state index contributed by atoms with van der Waals surface area (Å²) in [5.74, 6) is -1.39. The summed E-state index contributed by atoms with van der Waals surface area (Å²) in [5.41, 5.74) is -0.452. The van der Waals surface area contributed by atoms with E-state index in [4.69, 9.17) is 45.4 Å². The molecule has 0 N–H and O–H groups in total. The zero-order valence-electron chi connectivity index (χ0n) is 20.1. The maximum absolute atomic E-state index is 13.1. The van der Waals surface area contributed by atoms with E-state index in [-0.39, 0.29) is 62.7 Å². The second-order valence-corrected chi connectivity index (χ2v) is 9.75. The lowest BCUT2D eigenvalue weighted by Crippen LogP contribution is -2.46. The van der Waals surface area contributed by atoms with Gasteiger partial charge in [0.15, 0.2) is 5.65 Å². The Balaban J connectivity index is 1.41. The van der Waals surface area contributed by atoms with Gasteiger partial charge < -0.3 is 18.6 Å². The Morgan fingerprint density at radius 2 is 1.89 bits per heavy atom. The highest BCUT2D eigenvalue weighted by Gasteiger charge is 2.33. The number of halogens is 6. The number of piperidine rings is 1. The van der Waals surface area contributed by atoms with Crippen LogP contribution < -0.4 is 4.74 Å². The highest BCUT2D eigenvalue weighted by molar-refractivity contribution is 6.36. The van der Waals surface area contributed by atoms with Gasteiger partial charge in [-0.1, -0.05) is 46.9 Å². The number of imidazole rings is 1. The smallest absolute Gasteiger partial charge is 0.417 e. The third-order valence-corrected chi connectivity index (χ3v) is 6.64. The molecule has 0 bridgehead atoms. The molecule has 8 nitrogen and oxygen atoms in total. The summed E-state index contributed by atoms with van der Waals surface area (Å²) in [6, 6.07) is 3.73. The van der Waals surface area contributed by atoms with Gasteiger partial charge in [-0.15, -0.1) is 0 Å². The number of carbonyl (C=O) groups excluding carboxylic acids is 1. The number of ether oxygens (including phenoxy) is 1. The molecule has 1 aromatic carbocycles. The van der Waals surface area contributed by atoms with Crippen molar-refractivity contribution >= 4 is 46.4 Å². The fourth-order valence-electron chi connectivity index (χ4n) is 4.01. The number of hydrogen-bond acceptors (Lipinski definition) is 6.